The van der Waals surface area contributed by atoms with Crippen LogP contribution in [0.2, 0.25) is 0 Å². The predicted molar refractivity (Wildman–Crippen MR) is 114 cm³/mol. The summed E-state index contributed by atoms with van der Waals surface area (Å²) in [5.41, 5.74) is 2.08. The lowest BCUT2D eigenvalue weighted by Crippen LogP contribution is -2.39. The van der Waals surface area contributed by atoms with E-state index in [9.17, 15) is 17.6 Å². The summed E-state index contributed by atoms with van der Waals surface area (Å²) in [4.78, 5) is 12.1. The number of aromatic nitrogens is 3. The molecule has 0 aliphatic carbocycles. The summed E-state index contributed by atoms with van der Waals surface area (Å²) in [6.07, 6.45) is 5.97. The zero-order valence-electron chi connectivity index (χ0n) is 17.0. The predicted octanol–water partition coefficient (Wildman–Crippen LogP) is 2.58. The molecule has 0 bridgehead atoms. The maximum Gasteiger partial charge on any atom is 0.301 e. The van der Waals surface area contributed by atoms with Gasteiger partial charge in [0.2, 0.25) is 0 Å². The van der Waals surface area contributed by atoms with E-state index in [4.69, 9.17) is 0 Å². The van der Waals surface area contributed by atoms with Crippen LogP contribution in [0.1, 0.15) is 31.0 Å². The standard InChI is InChI=1S/C20H24FN5O3S/c1-4-5-11-22-30(28,29)24-19(27)9-7-17-14(2)23-25(3)20(17)26-12-10-15-13-16(21)6-8-18(15)26/h6-10,12-13,22H,4-5,11H2,1-3H3,(H,24,27)/b9-7+. The Balaban J connectivity index is 1.88. The molecule has 3 rings (SSSR count). The van der Waals surface area contributed by atoms with Crippen LogP contribution in [-0.4, -0.2) is 35.2 Å². The Morgan fingerprint density at radius 2 is 2.07 bits per heavy atom. The van der Waals surface area contributed by atoms with Crippen molar-refractivity contribution in [1.29, 1.82) is 0 Å². The molecule has 2 aromatic heterocycles. The van der Waals surface area contributed by atoms with E-state index in [1.54, 1.807) is 37.0 Å². The van der Waals surface area contributed by atoms with Crippen LogP contribution in [0.15, 0.2) is 36.5 Å². The first-order chi connectivity index (χ1) is 14.2. The summed E-state index contributed by atoms with van der Waals surface area (Å²) in [7, 11) is -2.15. The highest BCUT2D eigenvalue weighted by Crippen LogP contribution is 2.26. The number of carbonyl (C=O) groups is 1. The molecule has 1 amide bonds. The number of halogens is 1. The van der Waals surface area contributed by atoms with Gasteiger partial charge in [-0.05, 0) is 43.7 Å². The van der Waals surface area contributed by atoms with Crippen LogP contribution in [0, 0.1) is 12.7 Å². The van der Waals surface area contributed by atoms with Gasteiger partial charge in [0, 0.05) is 36.8 Å². The Morgan fingerprint density at radius 3 is 2.80 bits per heavy atom. The SMILES string of the molecule is CCCCNS(=O)(=O)NC(=O)/C=C/c1c(C)nn(C)c1-n1ccc2cc(F)ccc21. The third-order valence-electron chi connectivity index (χ3n) is 4.58. The van der Waals surface area contributed by atoms with Crippen molar-refractivity contribution in [1.82, 2.24) is 23.8 Å². The lowest BCUT2D eigenvalue weighted by atomic mass is 10.2. The van der Waals surface area contributed by atoms with E-state index in [0.29, 0.717) is 23.5 Å². The van der Waals surface area contributed by atoms with Gasteiger partial charge in [-0.3, -0.25) is 9.48 Å². The van der Waals surface area contributed by atoms with Gasteiger partial charge in [-0.2, -0.15) is 18.2 Å². The van der Waals surface area contributed by atoms with Crippen LogP contribution >= 0.6 is 0 Å². The van der Waals surface area contributed by atoms with E-state index >= 15 is 0 Å². The van der Waals surface area contributed by atoms with E-state index in [0.717, 1.165) is 23.4 Å². The second-order valence-corrected chi connectivity index (χ2v) is 8.39. The largest absolute Gasteiger partial charge is 0.301 e. The Kier molecular flexibility index (Phi) is 6.37. The number of carbonyl (C=O) groups excluding carboxylic acids is 1. The molecule has 2 N–H and O–H groups in total. The third-order valence-corrected chi connectivity index (χ3v) is 5.63. The topological polar surface area (TPSA) is 98.0 Å². The molecule has 0 unspecified atom stereocenters. The normalized spacial score (nSPS) is 12.1. The Bertz CT molecular complexity index is 1210. The van der Waals surface area contributed by atoms with Crippen LogP contribution in [-0.2, 0) is 22.1 Å². The molecular weight excluding hydrogens is 409 g/mol. The number of aryl methyl sites for hydroxylation is 2. The van der Waals surface area contributed by atoms with Gasteiger partial charge in [-0.1, -0.05) is 13.3 Å². The summed E-state index contributed by atoms with van der Waals surface area (Å²) >= 11 is 0. The first-order valence-corrected chi connectivity index (χ1v) is 11.0. The summed E-state index contributed by atoms with van der Waals surface area (Å²) in [6.45, 7) is 3.99. The minimum Gasteiger partial charge on any atom is -0.301 e. The molecule has 0 atom stereocenters. The average Bonchev–Trinajstić information content (AvgIpc) is 3.18. The molecule has 2 heterocycles. The van der Waals surface area contributed by atoms with Crippen LogP contribution in [0.3, 0.4) is 0 Å². The van der Waals surface area contributed by atoms with E-state index < -0.39 is 16.1 Å². The van der Waals surface area contributed by atoms with Crippen LogP contribution in [0.4, 0.5) is 4.39 Å². The summed E-state index contributed by atoms with van der Waals surface area (Å²) in [6, 6.07) is 6.27. The monoisotopic (exact) mass is 433 g/mol. The van der Waals surface area contributed by atoms with Crippen molar-refractivity contribution in [2.24, 2.45) is 7.05 Å². The minimum atomic E-state index is -3.91. The van der Waals surface area contributed by atoms with Crippen molar-refractivity contribution in [2.75, 3.05) is 6.54 Å². The number of amides is 1. The smallest absolute Gasteiger partial charge is 0.301 e. The van der Waals surface area contributed by atoms with Gasteiger partial charge in [0.25, 0.3) is 5.91 Å². The summed E-state index contributed by atoms with van der Waals surface area (Å²) < 4.78 is 45.1. The molecule has 0 radical (unpaired) electrons. The van der Waals surface area contributed by atoms with Crippen molar-refractivity contribution >= 4 is 33.1 Å². The maximum atomic E-state index is 13.5. The van der Waals surface area contributed by atoms with Crippen LogP contribution in [0.25, 0.3) is 22.8 Å². The molecule has 160 valence electrons. The van der Waals surface area contributed by atoms with Crippen molar-refractivity contribution in [3.63, 3.8) is 0 Å². The number of unbranched alkanes of at least 4 members (excludes halogenated alkanes) is 1. The lowest BCUT2D eigenvalue weighted by molar-refractivity contribution is -0.114. The van der Waals surface area contributed by atoms with Crippen molar-refractivity contribution in [3.05, 3.63) is 53.6 Å². The number of hydrogen-bond acceptors (Lipinski definition) is 4. The molecule has 30 heavy (non-hydrogen) atoms. The maximum absolute atomic E-state index is 13.5. The number of benzene rings is 1. The van der Waals surface area contributed by atoms with Crippen molar-refractivity contribution in [3.8, 4) is 5.82 Å². The molecule has 0 aliphatic rings. The van der Waals surface area contributed by atoms with E-state index in [-0.39, 0.29) is 12.4 Å². The molecule has 8 nitrogen and oxygen atoms in total. The lowest BCUT2D eigenvalue weighted by Gasteiger charge is -2.08. The van der Waals surface area contributed by atoms with Gasteiger partial charge in [-0.15, -0.1) is 0 Å². The Morgan fingerprint density at radius 1 is 1.30 bits per heavy atom. The number of nitrogens with one attached hydrogen (secondary N) is 2. The summed E-state index contributed by atoms with van der Waals surface area (Å²) in [5.74, 6) is -0.429. The van der Waals surface area contributed by atoms with Gasteiger partial charge < -0.3 is 4.57 Å². The fourth-order valence-electron chi connectivity index (χ4n) is 3.19. The quantitative estimate of drug-likeness (QED) is 0.421. The van der Waals surface area contributed by atoms with E-state index in [2.05, 4.69) is 9.82 Å². The molecule has 0 fully saturated rings. The number of rotatable bonds is 8. The van der Waals surface area contributed by atoms with Crippen LogP contribution < -0.4 is 9.44 Å². The highest BCUT2D eigenvalue weighted by molar-refractivity contribution is 7.88. The van der Waals surface area contributed by atoms with Gasteiger partial charge >= 0.3 is 10.2 Å². The van der Waals surface area contributed by atoms with Gasteiger partial charge in [-0.25, -0.2) is 9.11 Å². The molecule has 0 saturated carbocycles. The Hall–Kier alpha value is -2.98. The fraction of sp³-hybridized carbons (Fsp3) is 0.300. The molecule has 10 heteroatoms. The first kappa shape index (κ1) is 21.7. The van der Waals surface area contributed by atoms with Crippen molar-refractivity contribution < 1.29 is 17.6 Å². The molecular formula is C20H24FN5O3S. The average molecular weight is 434 g/mol. The number of hydrogen-bond donors (Lipinski definition) is 2. The Labute approximate surface area is 174 Å². The van der Waals surface area contributed by atoms with Crippen LogP contribution in [0.5, 0.6) is 0 Å². The van der Waals surface area contributed by atoms with Gasteiger partial charge in [0.15, 0.2) is 0 Å². The zero-order valence-corrected chi connectivity index (χ0v) is 17.8. The molecule has 0 spiro atoms. The van der Waals surface area contributed by atoms with E-state index in [1.807, 2.05) is 16.2 Å². The number of nitrogens with zero attached hydrogens (tertiary/aromatic N) is 3. The molecule has 1 aromatic carbocycles. The van der Waals surface area contributed by atoms with E-state index in [1.165, 1.54) is 18.2 Å². The zero-order chi connectivity index (χ0) is 21.9. The third kappa shape index (κ3) is 4.77. The first-order valence-electron chi connectivity index (χ1n) is 9.52. The summed E-state index contributed by atoms with van der Waals surface area (Å²) in [5, 5.41) is 5.13. The fourth-order valence-corrected chi connectivity index (χ4v) is 4.00. The molecule has 3 aromatic rings. The second-order valence-electron chi connectivity index (χ2n) is 6.89. The highest BCUT2D eigenvalue weighted by atomic mass is 32.2. The number of fused-ring (bicyclic) bond motifs is 1. The van der Waals surface area contributed by atoms with Crippen molar-refractivity contribution in [2.45, 2.75) is 26.7 Å². The molecule has 0 saturated heterocycles. The second kappa shape index (κ2) is 8.80. The highest BCUT2D eigenvalue weighted by Gasteiger charge is 2.16. The van der Waals surface area contributed by atoms with Gasteiger partial charge in [0.05, 0.1) is 11.2 Å². The minimum absolute atomic E-state index is 0.260. The van der Waals surface area contributed by atoms with Gasteiger partial charge in [0.1, 0.15) is 11.6 Å². The molecule has 0 aliphatic heterocycles.